The number of hydrogen-bond acceptors (Lipinski definition) is 8. The molecule has 11 nitrogen and oxygen atoms in total. The van der Waals surface area contributed by atoms with Gasteiger partial charge in [-0.25, -0.2) is 13.6 Å². The summed E-state index contributed by atoms with van der Waals surface area (Å²) in [7, 11) is 12.5. The lowest BCUT2D eigenvalue weighted by molar-refractivity contribution is 0.0916. The minimum Gasteiger partial charge on any atom is -0.496 e. The molecule has 5 aromatic rings. The molecule has 0 bridgehead atoms. The second-order valence-electron chi connectivity index (χ2n) is 28.7. The fourth-order valence-electron chi connectivity index (χ4n) is 12.8. The lowest BCUT2D eigenvalue weighted by atomic mass is 9.88. The summed E-state index contributed by atoms with van der Waals surface area (Å²) in [4.78, 5) is 37.8. The summed E-state index contributed by atoms with van der Waals surface area (Å²) >= 11 is 6.43. The Hall–Kier alpha value is -5.41. The van der Waals surface area contributed by atoms with Gasteiger partial charge in [-0.05, 0) is 280 Å². The lowest BCUT2D eigenvalue weighted by Crippen LogP contribution is -2.48. The number of ether oxygens (including phenoxy) is 1. The Bertz CT molecular complexity index is 2980. The van der Waals surface area contributed by atoms with Crippen molar-refractivity contribution in [2.75, 3.05) is 126 Å². The molecule has 5 aromatic carbocycles. The maximum Gasteiger partial charge on any atom is 0.322 e. The summed E-state index contributed by atoms with van der Waals surface area (Å²) in [5.41, 5.74) is 11.8. The van der Waals surface area contributed by atoms with Gasteiger partial charge in [-0.15, -0.1) is 0 Å². The molecule has 508 valence electrons. The largest absolute Gasteiger partial charge is 0.496 e. The lowest BCUT2D eigenvalue weighted by Gasteiger charge is -2.32. The third kappa shape index (κ3) is 23.2. The number of methoxy groups -OCH3 is 1. The SMILES string of the molecule is CC(C)c1ccc(C2CCN(C)CC2)c(Cl)c1.CC(C)c1ccc(C2CCN(C)CC2)c(F)c1.CC(C)c1ccc(NC(=O)N2CCN(C)CC2)c(F)c1.COc1cc(C2CCN(C)CC2)ccc1C(C)C.Cc1cc(C(C)C)ccc1C(=O)NC1CCN(C)CC1. The van der Waals surface area contributed by atoms with Crippen LogP contribution in [-0.4, -0.2) is 168 Å². The third-order valence-corrected chi connectivity index (χ3v) is 20.0. The van der Waals surface area contributed by atoms with E-state index < -0.39 is 0 Å². The monoisotopic (exact) mass is 1290 g/mol. The zero-order valence-corrected chi connectivity index (χ0v) is 60.3. The molecule has 0 radical (unpaired) electrons. The van der Waals surface area contributed by atoms with Crippen molar-refractivity contribution in [2.45, 2.75) is 181 Å². The van der Waals surface area contributed by atoms with Gasteiger partial charge in [0.1, 0.15) is 17.4 Å². The number of likely N-dealkylation sites (tertiary alicyclic amines) is 4. The van der Waals surface area contributed by atoms with Crippen molar-refractivity contribution in [3.63, 3.8) is 0 Å². The van der Waals surface area contributed by atoms with Crippen LogP contribution in [0.2, 0.25) is 5.02 Å². The number of rotatable bonds is 12. The van der Waals surface area contributed by atoms with E-state index in [2.05, 4.69) is 173 Å². The minimum absolute atomic E-state index is 0.00856. The van der Waals surface area contributed by atoms with E-state index in [1.54, 1.807) is 24.1 Å². The molecule has 5 fully saturated rings. The molecular weight excluding hydrogens is 1170 g/mol. The van der Waals surface area contributed by atoms with Crippen molar-refractivity contribution in [1.29, 1.82) is 0 Å². The number of amides is 3. The van der Waals surface area contributed by atoms with E-state index in [1.807, 2.05) is 46.0 Å². The Kier molecular flexibility index (Phi) is 30.4. The van der Waals surface area contributed by atoms with Crippen LogP contribution in [0.5, 0.6) is 5.75 Å². The first-order valence-corrected chi connectivity index (χ1v) is 35.0. The second-order valence-corrected chi connectivity index (χ2v) is 29.1. The normalized spacial score (nSPS) is 17.9. The van der Waals surface area contributed by atoms with Crippen molar-refractivity contribution < 1.29 is 23.1 Å². The average Bonchev–Trinajstić information content (AvgIpc) is 1.14. The smallest absolute Gasteiger partial charge is 0.322 e. The van der Waals surface area contributed by atoms with Gasteiger partial charge in [0.05, 0.1) is 12.8 Å². The molecule has 0 aromatic heterocycles. The molecule has 3 amide bonds. The second kappa shape index (κ2) is 37.0. The first kappa shape index (κ1) is 75.6. The highest BCUT2D eigenvalue weighted by Gasteiger charge is 2.26. The number of piperidine rings is 4. The van der Waals surface area contributed by atoms with Gasteiger partial charge in [-0.2, -0.15) is 0 Å². The van der Waals surface area contributed by atoms with Gasteiger partial charge < -0.3 is 44.8 Å². The number of urea groups is 1. The van der Waals surface area contributed by atoms with E-state index >= 15 is 0 Å². The molecule has 5 heterocycles. The predicted octanol–water partition coefficient (Wildman–Crippen LogP) is 17.3. The molecule has 5 aliphatic heterocycles. The molecule has 0 unspecified atom stereocenters. The maximum atomic E-state index is 14.1. The number of nitrogens with one attached hydrogen (secondary N) is 2. The minimum atomic E-state index is -0.376. The number of aryl methyl sites for hydroxylation is 1. The van der Waals surface area contributed by atoms with Gasteiger partial charge >= 0.3 is 6.03 Å². The zero-order valence-electron chi connectivity index (χ0n) is 59.5. The van der Waals surface area contributed by atoms with Crippen LogP contribution in [-0.2, 0) is 0 Å². The highest BCUT2D eigenvalue weighted by atomic mass is 35.5. The average molecular weight is 1290 g/mol. The number of anilines is 1. The fraction of sp³-hybridized carbons (Fsp3) is 0.590. The van der Waals surface area contributed by atoms with E-state index in [4.69, 9.17) is 16.3 Å². The van der Waals surface area contributed by atoms with Crippen LogP contribution in [0.15, 0.2) is 91.0 Å². The number of benzene rings is 5. The summed E-state index contributed by atoms with van der Waals surface area (Å²) in [6.07, 6.45) is 9.25. The highest BCUT2D eigenvalue weighted by molar-refractivity contribution is 6.31. The van der Waals surface area contributed by atoms with Crippen LogP contribution in [0.1, 0.15) is 228 Å². The maximum absolute atomic E-state index is 14.1. The Labute approximate surface area is 560 Å². The fourth-order valence-corrected chi connectivity index (χ4v) is 13.2. The van der Waals surface area contributed by atoms with E-state index in [1.165, 1.54) is 85.7 Å². The molecule has 5 saturated heterocycles. The number of carbonyl (C=O) groups excluding carboxylic acids is 2. The Balaban J connectivity index is 0.000000183. The van der Waals surface area contributed by atoms with Crippen LogP contribution in [0.3, 0.4) is 0 Å². The van der Waals surface area contributed by atoms with E-state index in [9.17, 15) is 18.4 Å². The number of carbonyl (C=O) groups is 2. The van der Waals surface area contributed by atoms with E-state index in [0.29, 0.717) is 60.6 Å². The first-order chi connectivity index (χ1) is 43.7. The number of hydrogen-bond donors (Lipinski definition) is 2. The summed E-state index contributed by atoms with van der Waals surface area (Å²) < 4.78 is 33.6. The summed E-state index contributed by atoms with van der Waals surface area (Å²) in [5.74, 6) is 4.76. The van der Waals surface area contributed by atoms with Gasteiger partial charge in [0.25, 0.3) is 5.91 Å². The Morgan fingerprint density at radius 2 is 0.902 bits per heavy atom. The Morgan fingerprint density at radius 1 is 0.478 bits per heavy atom. The summed E-state index contributed by atoms with van der Waals surface area (Å²) in [6, 6.07) is 30.5. The Morgan fingerprint density at radius 3 is 1.36 bits per heavy atom. The van der Waals surface area contributed by atoms with Crippen molar-refractivity contribution in [3.05, 3.63) is 163 Å². The molecule has 0 atom stereocenters. The van der Waals surface area contributed by atoms with Crippen molar-refractivity contribution >= 4 is 29.2 Å². The quantitative estimate of drug-likeness (QED) is 0.128. The van der Waals surface area contributed by atoms with Crippen molar-refractivity contribution in [1.82, 2.24) is 34.7 Å². The number of nitrogens with zero attached hydrogens (tertiary/aromatic N) is 6. The van der Waals surface area contributed by atoms with Gasteiger partial charge in [0.2, 0.25) is 0 Å². The number of piperazine rings is 1. The van der Waals surface area contributed by atoms with Gasteiger partial charge in [-0.3, -0.25) is 4.79 Å². The third-order valence-electron chi connectivity index (χ3n) is 19.7. The van der Waals surface area contributed by atoms with Crippen LogP contribution in [0.4, 0.5) is 19.3 Å². The van der Waals surface area contributed by atoms with E-state index in [0.717, 1.165) is 104 Å². The predicted molar refractivity (Wildman–Crippen MR) is 383 cm³/mol. The zero-order chi connectivity index (χ0) is 67.3. The van der Waals surface area contributed by atoms with Gasteiger partial charge in [-0.1, -0.05) is 135 Å². The molecule has 0 spiro atoms. The van der Waals surface area contributed by atoms with Crippen LogP contribution < -0.4 is 15.4 Å². The van der Waals surface area contributed by atoms with Gasteiger partial charge in [0.15, 0.2) is 0 Å². The number of halogens is 3. The molecular formula is C78H117ClF2N8O3. The molecule has 92 heavy (non-hydrogen) atoms. The molecule has 0 aliphatic carbocycles. The molecule has 14 heteroatoms. The van der Waals surface area contributed by atoms with Crippen LogP contribution >= 0.6 is 11.6 Å². The van der Waals surface area contributed by atoms with Crippen LogP contribution in [0, 0.1) is 18.6 Å². The molecule has 2 N–H and O–H groups in total. The van der Waals surface area contributed by atoms with Crippen molar-refractivity contribution in [2.24, 2.45) is 0 Å². The van der Waals surface area contributed by atoms with Gasteiger partial charge in [0, 0.05) is 42.8 Å². The molecule has 5 aliphatic rings. The van der Waals surface area contributed by atoms with Crippen molar-refractivity contribution in [3.8, 4) is 5.75 Å². The molecule has 0 saturated carbocycles. The first-order valence-electron chi connectivity index (χ1n) is 34.7. The molecule has 10 rings (SSSR count). The highest BCUT2D eigenvalue weighted by Crippen LogP contribution is 2.37. The summed E-state index contributed by atoms with van der Waals surface area (Å²) in [5, 5.41) is 6.80. The summed E-state index contributed by atoms with van der Waals surface area (Å²) in [6.45, 7) is 35.6. The standard InChI is InChI=1S/C17H26N2O.C16H25NO.C15H22ClN.C15H22FN3O.C15H22FN/c1-12(2)14-5-6-16(13(3)11-14)17(20)18-15-7-9-19(4)10-8-15;1-12(2)15-6-5-14(11-16(15)18-4)13-7-9-17(3)10-8-13;1-11(2)13-4-5-14(15(16)10-13)12-6-8-17(3)9-7-12;1-11(2)12-4-5-14(13(16)10-12)17-15(20)19-8-6-18(3)7-9-19;1-11(2)13-4-5-14(15(16)10-13)12-6-8-17(3)9-7-12/h5-6,11-12,15H,7-10H2,1-4H3,(H,18,20);5-6,11-13H,7-10H2,1-4H3;4-5,10-12H,6-9H2,1-3H3;4-5,10-11H,6-9H2,1-3H3,(H,17,20);4-5,10-12H,6-9H2,1-3H3. The van der Waals surface area contributed by atoms with Crippen LogP contribution in [0.25, 0.3) is 0 Å². The number of likely N-dealkylation sites (N-methyl/N-ethyl adjacent to an activating group) is 1. The van der Waals surface area contributed by atoms with E-state index in [-0.39, 0.29) is 35.2 Å². The topological polar surface area (TPSA) is 86.9 Å².